The van der Waals surface area contributed by atoms with Crippen molar-refractivity contribution >= 4 is 57.2 Å². The van der Waals surface area contributed by atoms with E-state index in [0.29, 0.717) is 6.54 Å². The maximum Gasteiger partial charge on any atom is 0.238 e. The number of piperazine rings is 1. The molecule has 0 aromatic heterocycles. The van der Waals surface area contributed by atoms with Crippen LogP contribution >= 0.6 is 35.6 Å². The molecule has 30 heavy (non-hydrogen) atoms. The number of nitrogens with two attached hydrogens (primary N) is 1. The topological polar surface area (TPSA) is 91.0 Å². The lowest BCUT2D eigenvalue weighted by molar-refractivity contribution is 0.372. The summed E-state index contributed by atoms with van der Waals surface area (Å²) >= 11 is 6.16. The summed E-state index contributed by atoms with van der Waals surface area (Å²) in [5.74, 6) is 0.786. The summed E-state index contributed by atoms with van der Waals surface area (Å²) in [7, 11) is -1.97. The first-order chi connectivity index (χ1) is 13.8. The molecule has 1 aliphatic heterocycles. The van der Waals surface area contributed by atoms with Crippen LogP contribution in [0.1, 0.15) is 11.1 Å². The van der Waals surface area contributed by atoms with Crippen LogP contribution < -0.4 is 15.4 Å². The molecule has 1 fully saturated rings. The third-order valence-electron chi connectivity index (χ3n) is 4.98. The molecular weight excluding hydrogens is 537 g/mol. The predicted molar refractivity (Wildman–Crippen MR) is 133 cm³/mol. The van der Waals surface area contributed by atoms with E-state index in [1.165, 1.54) is 17.3 Å². The van der Waals surface area contributed by atoms with Crippen LogP contribution in [0, 0.1) is 6.92 Å². The quantitative estimate of drug-likeness (QED) is 0.339. The van der Waals surface area contributed by atoms with Crippen LogP contribution in [0.2, 0.25) is 5.02 Å². The zero-order valence-corrected chi connectivity index (χ0v) is 20.9. The number of benzene rings is 2. The normalized spacial score (nSPS) is 15.0. The van der Waals surface area contributed by atoms with Gasteiger partial charge in [0.15, 0.2) is 5.96 Å². The summed E-state index contributed by atoms with van der Waals surface area (Å²) in [4.78, 5) is 9.01. The number of hydrogen-bond acceptors (Lipinski definition) is 4. The van der Waals surface area contributed by atoms with Crippen molar-refractivity contribution in [3.8, 4) is 0 Å². The van der Waals surface area contributed by atoms with Gasteiger partial charge in [0.05, 0.1) is 4.90 Å². The maximum atomic E-state index is 11.5. The minimum absolute atomic E-state index is 0. The molecule has 0 unspecified atom stereocenters. The first kappa shape index (κ1) is 24.7. The van der Waals surface area contributed by atoms with E-state index in [0.717, 1.165) is 42.7 Å². The van der Waals surface area contributed by atoms with Crippen molar-refractivity contribution in [1.29, 1.82) is 0 Å². The molecule has 2 aromatic carbocycles. The van der Waals surface area contributed by atoms with Gasteiger partial charge in [0.25, 0.3) is 0 Å². The molecule has 3 N–H and O–H groups in total. The number of rotatable bonds is 4. The molecule has 0 saturated carbocycles. The van der Waals surface area contributed by atoms with Crippen molar-refractivity contribution < 1.29 is 8.42 Å². The number of halogens is 2. The molecule has 7 nitrogen and oxygen atoms in total. The van der Waals surface area contributed by atoms with E-state index >= 15 is 0 Å². The molecule has 0 bridgehead atoms. The second-order valence-electron chi connectivity index (χ2n) is 7.00. The molecule has 0 amide bonds. The Morgan fingerprint density at radius 1 is 1.17 bits per heavy atom. The summed E-state index contributed by atoms with van der Waals surface area (Å²) in [5, 5.41) is 9.27. The van der Waals surface area contributed by atoms with Gasteiger partial charge < -0.3 is 15.1 Å². The molecule has 2 aromatic rings. The Bertz CT molecular complexity index is 1010. The molecule has 3 rings (SSSR count). The zero-order chi connectivity index (χ0) is 21.0. The number of aryl methyl sites for hydroxylation is 1. The third kappa shape index (κ3) is 6.22. The van der Waals surface area contributed by atoms with Gasteiger partial charge in [0.1, 0.15) is 0 Å². The van der Waals surface area contributed by atoms with E-state index in [9.17, 15) is 8.42 Å². The standard InChI is InChI=1S/C20H26ClN5O2S.HI/c1-15-6-7-17(21)13-19(15)25-8-10-26(11-9-25)20(23-2)24-14-16-4-3-5-18(12-16)29(22,27)28;/h3-7,12-13H,8-11,14H2,1-2H3,(H,23,24)(H2,22,27,28);1H. The number of anilines is 1. The fourth-order valence-corrected chi connectivity index (χ4v) is 4.18. The summed E-state index contributed by atoms with van der Waals surface area (Å²) in [5.41, 5.74) is 3.20. The number of hydrogen-bond donors (Lipinski definition) is 2. The Balaban J connectivity index is 0.00000320. The van der Waals surface area contributed by atoms with Gasteiger partial charge in [0.2, 0.25) is 10.0 Å². The lowest BCUT2D eigenvalue weighted by Gasteiger charge is -2.38. The Morgan fingerprint density at radius 3 is 2.50 bits per heavy atom. The van der Waals surface area contributed by atoms with Crippen molar-refractivity contribution in [3.63, 3.8) is 0 Å². The SMILES string of the molecule is CN=C(NCc1cccc(S(N)(=O)=O)c1)N1CCN(c2cc(Cl)ccc2C)CC1.I. The lowest BCUT2D eigenvalue weighted by Crippen LogP contribution is -2.52. The molecule has 1 aliphatic rings. The average Bonchev–Trinajstić information content (AvgIpc) is 2.70. The lowest BCUT2D eigenvalue weighted by atomic mass is 10.1. The van der Waals surface area contributed by atoms with Crippen molar-refractivity contribution in [2.24, 2.45) is 10.1 Å². The van der Waals surface area contributed by atoms with Gasteiger partial charge in [-0.25, -0.2) is 13.6 Å². The number of sulfonamides is 1. The van der Waals surface area contributed by atoms with Crippen molar-refractivity contribution in [1.82, 2.24) is 10.2 Å². The molecule has 164 valence electrons. The number of nitrogens with zero attached hydrogens (tertiary/aromatic N) is 3. The van der Waals surface area contributed by atoms with Crippen LogP contribution in [-0.4, -0.2) is 52.5 Å². The van der Waals surface area contributed by atoms with Crippen molar-refractivity contribution in [2.75, 3.05) is 38.1 Å². The van der Waals surface area contributed by atoms with Crippen LogP contribution in [0.15, 0.2) is 52.4 Å². The van der Waals surface area contributed by atoms with Gasteiger partial charge in [0, 0.05) is 50.5 Å². The highest BCUT2D eigenvalue weighted by atomic mass is 127. The van der Waals surface area contributed by atoms with E-state index in [-0.39, 0.29) is 28.9 Å². The van der Waals surface area contributed by atoms with E-state index in [1.54, 1.807) is 19.2 Å². The Morgan fingerprint density at radius 2 is 1.87 bits per heavy atom. The molecule has 10 heteroatoms. The zero-order valence-electron chi connectivity index (χ0n) is 17.0. The minimum atomic E-state index is -3.71. The molecule has 0 radical (unpaired) electrons. The highest BCUT2D eigenvalue weighted by Crippen LogP contribution is 2.25. The number of nitrogens with one attached hydrogen (secondary N) is 1. The highest BCUT2D eigenvalue weighted by molar-refractivity contribution is 14.0. The van der Waals surface area contributed by atoms with Crippen LogP contribution in [0.5, 0.6) is 0 Å². The number of aliphatic imine (C=N–C) groups is 1. The summed E-state index contributed by atoms with van der Waals surface area (Å²) in [6.45, 7) is 5.93. The maximum absolute atomic E-state index is 11.5. The Kier molecular flexibility index (Phi) is 8.77. The third-order valence-corrected chi connectivity index (χ3v) is 6.13. The largest absolute Gasteiger partial charge is 0.368 e. The summed E-state index contributed by atoms with van der Waals surface area (Å²) in [6.07, 6.45) is 0. The average molecular weight is 564 g/mol. The first-order valence-corrected chi connectivity index (χ1v) is 11.3. The van der Waals surface area contributed by atoms with Gasteiger partial charge in [-0.2, -0.15) is 0 Å². The molecular formula is C20H27ClIN5O2S. The summed E-state index contributed by atoms with van der Waals surface area (Å²) in [6, 6.07) is 12.6. The monoisotopic (exact) mass is 563 g/mol. The van der Waals surface area contributed by atoms with Gasteiger partial charge >= 0.3 is 0 Å². The van der Waals surface area contributed by atoms with Crippen LogP contribution in [0.4, 0.5) is 5.69 Å². The second-order valence-corrected chi connectivity index (χ2v) is 9.00. The number of primary sulfonamides is 1. The van der Waals surface area contributed by atoms with E-state index in [4.69, 9.17) is 16.7 Å². The summed E-state index contributed by atoms with van der Waals surface area (Å²) < 4.78 is 23.1. The van der Waals surface area contributed by atoms with E-state index < -0.39 is 10.0 Å². The molecule has 0 atom stereocenters. The van der Waals surface area contributed by atoms with Gasteiger partial charge in [-0.3, -0.25) is 4.99 Å². The van der Waals surface area contributed by atoms with Gasteiger partial charge in [-0.1, -0.05) is 29.8 Å². The highest BCUT2D eigenvalue weighted by Gasteiger charge is 2.21. The van der Waals surface area contributed by atoms with Gasteiger partial charge in [-0.15, -0.1) is 24.0 Å². The molecule has 1 saturated heterocycles. The minimum Gasteiger partial charge on any atom is -0.368 e. The molecule has 0 aliphatic carbocycles. The van der Waals surface area contributed by atoms with Crippen molar-refractivity contribution in [3.05, 3.63) is 58.6 Å². The predicted octanol–water partition coefficient (Wildman–Crippen LogP) is 2.81. The fourth-order valence-electron chi connectivity index (χ4n) is 3.43. The van der Waals surface area contributed by atoms with Crippen molar-refractivity contribution in [2.45, 2.75) is 18.4 Å². The van der Waals surface area contributed by atoms with Crippen LogP contribution in [0.3, 0.4) is 0 Å². The number of guanidine groups is 1. The van der Waals surface area contributed by atoms with Gasteiger partial charge in [-0.05, 0) is 42.3 Å². The van der Waals surface area contributed by atoms with Crippen LogP contribution in [-0.2, 0) is 16.6 Å². The first-order valence-electron chi connectivity index (χ1n) is 9.36. The molecule has 0 spiro atoms. The van der Waals surface area contributed by atoms with Crippen LogP contribution in [0.25, 0.3) is 0 Å². The Hall–Kier alpha value is -1.56. The van der Waals surface area contributed by atoms with E-state index in [2.05, 4.69) is 27.0 Å². The second kappa shape index (κ2) is 10.7. The smallest absolute Gasteiger partial charge is 0.238 e. The molecule has 1 heterocycles. The Labute approximate surface area is 200 Å². The van der Waals surface area contributed by atoms with E-state index in [1.807, 2.05) is 24.3 Å². The fraction of sp³-hybridized carbons (Fsp3) is 0.350.